The lowest BCUT2D eigenvalue weighted by Gasteiger charge is -2.03. The molecule has 6 heteroatoms. The number of carbonyl (C=O) groups is 1. The number of rotatable bonds is 2. The molecule has 23 heavy (non-hydrogen) atoms. The number of benzene rings is 2. The fraction of sp³-hybridized carbons (Fsp3) is 0. The van der Waals surface area contributed by atoms with Crippen LogP contribution in [0.15, 0.2) is 54.9 Å². The molecule has 108 valence electrons. The van der Waals surface area contributed by atoms with Gasteiger partial charge in [0.05, 0.1) is 12.4 Å². The van der Waals surface area contributed by atoms with Gasteiger partial charge in [-0.2, -0.15) is 10.4 Å². The van der Waals surface area contributed by atoms with Crippen molar-refractivity contribution in [2.45, 2.75) is 0 Å². The van der Waals surface area contributed by atoms with Crippen molar-refractivity contribution in [1.82, 2.24) is 19.8 Å². The first kappa shape index (κ1) is 13.1. The van der Waals surface area contributed by atoms with Gasteiger partial charge >= 0.3 is 0 Å². The molecular weight excluding hydrogens is 290 g/mol. The Morgan fingerprint density at radius 2 is 1.91 bits per heavy atom. The van der Waals surface area contributed by atoms with Crippen molar-refractivity contribution in [2.24, 2.45) is 0 Å². The lowest BCUT2D eigenvalue weighted by atomic mass is 10.0. The molecule has 4 rings (SSSR count). The van der Waals surface area contributed by atoms with E-state index in [1.54, 1.807) is 6.07 Å². The molecule has 0 atom stereocenters. The van der Waals surface area contributed by atoms with Crippen molar-refractivity contribution >= 4 is 22.2 Å². The lowest BCUT2D eigenvalue weighted by Crippen LogP contribution is -2.08. The standard InChI is InChI=1S/C17H9N5O/c18-8-14-9-19-22-10-15(20-21-17(14)22)16(23)13-6-5-11-3-1-2-4-12(11)7-13/h1-7,9-10H. The van der Waals surface area contributed by atoms with Crippen molar-refractivity contribution in [2.75, 3.05) is 0 Å². The van der Waals surface area contributed by atoms with Gasteiger partial charge in [0.1, 0.15) is 11.6 Å². The summed E-state index contributed by atoms with van der Waals surface area (Å²) < 4.78 is 1.39. The fourth-order valence-electron chi connectivity index (χ4n) is 2.45. The SMILES string of the molecule is N#Cc1cnn2cc(C(=O)c3ccc4ccccc4c3)nnc12. The Labute approximate surface area is 130 Å². The summed E-state index contributed by atoms with van der Waals surface area (Å²) in [5.41, 5.74) is 1.37. The molecule has 0 fully saturated rings. The number of hydrogen-bond donors (Lipinski definition) is 0. The van der Waals surface area contributed by atoms with Gasteiger partial charge in [0.15, 0.2) is 11.3 Å². The summed E-state index contributed by atoms with van der Waals surface area (Å²) in [5.74, 6) is -0.237. The van der Waals surface area contributed by atoms with Crippen LogP contribution in [0.4, 0.5) is 0 Å². The monoisotopic (exact) mass is 299 g/mol. The van der Waals surface area contributed by atoms with Gasteiger partial charge in [0.2, 0.25) is 5.78 Å². The van der Waals surface area contributed by atoms with E-state index < -0.39 is 0 Å². The maximum absolute atomic E-state index is 12.6. The maximum Gasteiger partial charge on any atom is 0.214 e. The van der Waals surface area contributed by atoms with Crippen molar-refractivity contribution in [3.8, 4) is 6.07 Å². The van der Waals surface area contributed by atoms with E-state index in [2.05, 4.69) is 15.3 Å². The Morgan fingerprint density at radius 3 is 2.74 bits per heavy atom. The van der Waals surface area contributed by atoms with Gasteiger partial charge in [-0.1, -0.05) is 36.4 Å². The van der Waals surface area contributed by atoms with Crippen LogP contribution in [0.25, 0.3) is 16.4 Å². The van der Waals surface area contributed by atoms with E-state index >= 15 is 0 Å². The summed E-state index contributed by atoms with van der Waals surface area (Å²) in [5, 5.41) is 22.9. The highest BCUT2D eigenvalue weighted by molar-refractivity contribution is 6.09. The lowest BCUT2D eigenvalue weighted by molar-refractivity contribution is 0.103. The van der Waals surface area contributed by atoms with E-state index in [9.17, 15) is 4.79 Å². The zero-order chi connectivity index (χ0) is 15.8. The topological polar surface area (TPSA) is 83.9 Å². The average molecular weight is 299 g/mol. The van der Waals surface area contributed by atoms with Gasteiger partial charge in [-0.25, -0.2) is 4.52 Å². The van der Waals surface area contributed by atoms with Crippen molar-refractivity contribution in [3.63, 3.8) is 0 Å². The minimum Gasteiger partial charge on any atom is -0.287 e. The van der Waals surface area contributed by atoms with Crippen LogP contribution in [-0.4, -0.2) is 25.6 Å². The van der Waals surface area contributed by atoms with Crippen molar-refractivity contribution in [1.29, 1.82) is 5.26 Å². The number of carbonyl (C=O) groups excluding carboxylic acids is 1. The van der Waals surface area contributed by atoms with Crippen LogP contribution in [0.2, 0.25) is 0 Å². The smallest absolute Gasteiger partial charge is 0.214 e. The second kappa shape index (κ2) is 5.00. The molecule has 0 radical (unpaired) electrons. The van der Waals surface area contributed by atoms with E-state index in [1.807, 2.05) is 42.5 Å². The molecule has 0 spiro atoms. The van der Waals surface area contributed by atoms with Crippen LogP contribution < -0.4 is 0 Å². The first-order chi connectivity index (χ1) is 11.3. The summed E-state index contributed by atoms with van der Waals surface area (Å²) in [6.07, 6.45) is 2.88. The maximum atomic E-state index is 12.6. The summed E-state index contributed by atoms with van der Waals surface area (Å²) in [7, 11) is 0. The van der Waals surface area contributed by atoms with Crippen LogP contribution in [0.5, 0.6) is 0 Å². The van der Waals surface area contributed by atoms with Crippen LogP contribution in [0.3, 0.4) is 0 Å². The fourth-order valence-corrected chi connectivity index (χ4v) is 2.45. The number of fused-ring (bicyclic) bond motifs is 2. The van der Waals surface area contributed by atoms with Gasteiger partial charge in [0, 0.05) is 5.56 Å². The largest absolute Gasteiger partial charge is 0.287 e. The summed E-state index contributed by atoms with van der Waals surface area (Å²) in [6.45, 7) is 0. The Bertz CT molecular complexity index is 1110. The molecule has 0 N–H and O–H groups in total. The first-order valence-corrected chi connectivity index (χ1v) is 6.91. The highest BCUT2D eigenvalue weighted by atomic mass is 16.1. The van der Waals surface area contributed by atoms with E-state index in [0.717, 1.165) is 10.8 Å². The van der Waals surface area contributed by atoms with Crippen LogP contribution >= 0.6 is 0 Å². The molecule has 0 aliphatic heterocycles. The Balaban J connectivity index is 1.79. The van der Waals surface area contributed by atoms with Crippen LogP contribution in [0.1, 0.15) is 21.6 Å². The van der Waals surface area contributed by atoms with Crippen molar-refractivity contribution < 1.29 is 4.79 Å². The molecule has 0 unspecified atom stereocenters. The van der Waals surface area contributed by atoms with Gasteiger partial charge in [-0.05, 0) is 16.8 Å². The van der Waals surface area contributed by atoms with Crippen LogP contribution in [-0.2, 0) is 0 Å². The third-order valence-electron chi connectivity index (χ3n) is 3.63. The first-order valence-electron chi connectivity index (χ1n) is 6.91. The zero-order valence-corrected chi connectivity index (χ0v) is 11.8. The molecule has 0 saturated heterocycles. The Kier molecular flexibility index (Phi) is 2.85. The van der Waals surface area contributed by atoms with Gasteiger partial charge < -0.3 is 0 Å². The second-order valence-corrected chi connectivity index (χ2v) is 5.04. The van der Waals surface area contributed by atoms with Gasteiger partial charge in [0.25, 0.3) is 0 Å². The zero-order valence-electron chi connectivity index (χ0n) is 11.8. The highest BCUT2D eigenvalue weighted by Crippen LogP contribution is 2.17. The predicted molar refractivity (Wildman–Crippen MR) is 82.9 cm³/mol. The van der Waals surface area contributed by atoms with E-state index in [1.165, 1.54) is 16.9 Å². The number of nitriles is 1. The normalized spacial score (nSPS) is 10.7. The minimum atomic E-state index is -0.237. The molecule has 0 amide bonds. The highest BCUT2D eigenvalue weighted by Gasteiger charge is 2.14. The molecule has 2 aromatic carbocycles. The molecule has 0 bridgehead atoms. The van der Waals surface area contributed by atoms with Gasteiger partial charge in [-0.15, -0.1) is 10.2 Å². The Hall–Kier alpha value is -3.59. The number of aromatic nitrogens is 4. The molecule has 2 aromatic heterocycles. The molecule has 0 aliphatic rings. The average Bonchev–Trinajstić information content (AvgIpc) is 3.03. The second-order valence-electron chi connectivity index (χ2n) is 5.04. The number of hydrogen-bond acceptors (Lipinski definition) is 5. The summed E-state index contributed by atoms with van der Waals surface area (Å²) in [4.78, 5) is 12.6. The van der Waals surface area contributed by atoms with Crippen molar-refractivity contribution in [3.05, 3.63) is 71.7 Å². The molecule has 4 aromatic rings. The summed E-state index contributed by atoms with van der Waals surface area (Å²) >= 11 is 0. The number of nitrogens with zero attached hydrogens (tertiary/aromatic N) is 5. The molecule has 0 aliphatic carbocycles. The predicted octanol–water partition coefficient (Wildman–Crippen LogP) is 2.38. The van der Waals surface area contributed by atoms with E-state index in [-0.39, 0.29) is 11.5 Å². The molecule has 6 nitrogen and oxygen atoms in total. The summed E-state index contributed by atoms with van der Waals surface area (Å²) in [6, 6.07) is 15.3. The van der Waals surface area contributed by atoms with Crippen LogP contribution in [0, 0.1) is 11.3 Å². The number of ketones is 1. The minimum absolute atomic E-state index is 0.181. The molecule has 2 heterocycles. The third-order valence-corrected chi connectivity index (χ3v) is 3.63. The molecular formula is C17H9N5O. The van der Waals surface area contributed by atoms with E-state index in [4.69, 9.17) is 5.26 Å². The van der Waals surface area contributed by atoms with Gasteiger partial charge in [-0.3, -0.25) is 4.79 Å². The quantitative estimate of drug-likeness (QED) is 0.531. The van der Waals surface area contributed by atoms with E-state index in [0.29, 0.717) is 16.8 Å². The molecule has 0 saturated carbocycles. The Morgan fingerprint density at radius 1 is 1.09 bits per heavy atom. The third kappa shape index (κ3) is 2.12.